The van der Waals surface area contributed by atoms with E-state index in [2.05, 4.69) is 102 Å². The van der Waals surface area contributed by atoms with E-state index >= 15 is 0 Å². The van der Waals surface area contributed by atoms with Crippen molar-refractivity contribution in [2.75, 3.05) is 11.5 Å². The highest BCUT2D eigenvalue weighted by atomic mass is 79.9. The smallest absolute Gasteiger partial charge is 0.0603 e. The molecular weight excluding hydrogens is 528 g/mol. The van der Waals surface area contributed by atoms with E-state index in [1.54, 1.807) is 0 Å². The zero-order chi connectivity index (χ0) is 15.9. The molecule has 0 heterocycles. The summed E-state index contributed by atoms with van der Waals surface area (Å²) in [6, 6.07) is 8.22. The Morgan fingerprint density at radius 1 is 0.667 bits per heavy atom. The third-order valence-electron chi connectivity index (χ3n) is 3.60. The first-order valence-corrected chi connectivity index (χ1v) is 9.31. The minimum Gasteiger partial charge on any atom is -0.397 e. The molecular formula is C15H14Br4N2. The molecule has 2 aromatic rings. The molecule has 0 aromatic heterocycles. The maximum absolute atomic E-state index is 5.98. The fraction of sp³-hybridized carbons (Fsp3) is 0.200. The fourth-order valence-corrected chi connectivity index (χ4v) is 4.43. The average Bonchev–Trinajstić information content (AvgIpc) is 2.40. The number of nitrogens with two attached hydrogens (primary N) is 2. The van der Waals surface area contributed by atoms with Crippen LogP contribution in [-0.2, 0) is 5.41 Å². The largest absolute Gasteiger partial charge is 0.397 e. The number of hydrogen-bond donors (Lipinski definition) is 2. The molecule has 0 radical (unpaired) electrons. The second kappa shape index (κ2) is 6.22. The van der Waals surface area contributed by atoms with E-state index in [0.717, 1.165) is 29.0 Å². The summed E-state index contributed by atoms with van der Waals surface area (Å²) in [6.07, 6.45) is 0. The lowest BCUT2D eigenvalue weighted by molar-refractivity contribution is 0.639. The van der Waals surface area contributed by atoms with E-state index in [4.69, 9.17) is 11.5 Å². The summed E-state index contributed by atoms with van der Waals surface area (Å²) in [4.78, 5) is 0. The predicted octanol–water partition coefficient (Wildman–Crippen LogP) is 6.23. The average molecular weight is 542 g/mol. The molecule has 0 saturated heterocycles. The van der Waals surface area contributed by atoms with E-state index in [0.29, 0.717) is 11.4 Å². The number of rotatable bonds is 2. The van der Waals surface area contributed by atoms with Crippen molar-refractivity contribution < 1.29 is 0 Å². The van der Waals surface area contributed by atoms with Crippen LogP contribution in [0.3, 0.4) is 0 Å². The Kier molecular flexibility index (Phi) is 5.13. The van der Waals surface area contributed by atoms with Gasteiger partial charge in [0.25, 0.3) is 0 Å². The van der Waals surface area contributed by atoms with Crippen molar-refractivity contribution in [3.8, 4) is 0 Å². The molecule has 2 aromatic carbocycles. The first kappa shape index (κ1) is 17.3. The second-order valence-corrected chi connectivity index (χ2v) is 8.75. The van der Waals surface area contributed by atoms with Gasteiger partial charge in [0.2, 0.25) is 0 Å². The maximum atomic E-state index is 5.98. The van der Waals surface area contributed by atoms with Gasteiger partial charge in [-0.15, -0.1) is 0 Å². The van der Waals surface area contributed by atoms with E-state index < -0.39 is 0 Å². The first-order valence-electron chi connectivity index (χ1n) is 6.14. The number of nitrogen functional groups attached to an aromatic ring is 2. The molecule has 0 spiro atoms. The number of hydrogen-bond acceptors (Lipinski definition) is 2. The molecule has 0 bridgehead atoms. The van der Waals surface area contributed by atoms with Gasteiger partial charge in [-0.05, 0) is 99.1 Å². The predicted molar refractivity (Wildman–Crippen MR) is 105 cm³/mol. The molecule has 0 unspecified atom stereocenters. The molecule has 0 fully saturated rings. The summed E-state index contributed by atoms with van der Waals surface area (Å²) >= 11 is 14.0. The van der Waals surface area contributed by atoms with Crippen molar-refractivity contribution in [2.24, 2.45) is 0 Å². The second-order valence-electron chi connectivity index (χ2n) is 5.33. The standard InChI is InChI=1S/C15H14Br4N2/c1-15(2,7-3-9(16)13(20)10(17)4-7)8-5-11(18)14(21)12(19)6-8/h3-6H,20-21H2,1-2H3. The van der Waals surface area contributed by atoms with Gasteiger partial charge in [0.1, 0.15) is 0 Å². The Hall–Kier alpha value is -0.0400. The van der Waals surface area contributed by atoms with Crippen molar-refractivity contribution in [3.05, 3.63) is 53.3 Å². The molecule has 0 atom stereocenters. The van der Waals surface area contributed by atoms with E-state index in [-0.39, 0.29) is 5.41 Å². The summed E-state index contributed by atoms with van der Waals surface area (Å²) in [5, 5.41) is 0. The molecule has 112 valence electrons. The van der Waals surface area contributed by atoms with Crippen LogP contribution in [0.4, 0.5) is 11.4 Å². The highest BCUT2D eigenvalue weighted by molar-refractivity contribution is 9.11. The molecule has 0 saturated carbocycles. The Bertz CT molecular complexity index is 605. The van der Waals surface area contributed by atoms with Crippen LogP contribution in [0.5, 0.6) is 0 Å². The molecule has 2 nitrogen and oxygen atoms in total. The van der Waals surface area contributed by atoms with Crippen LogP contribution in [-0.4, -0.2) is 0 Å². The number of halogens is 4. The summed E-state index contributed by atoms with van der Waals surface area (Å²) in [5.41, 5.74) is 15.5. The first-order chi connectivity index (χ1) is 9.64. The van der Waals surface area contributed by atoms with Gasteiger partial charge < -0.3 is 11.5 Å². The highest BCUT2D eigenvalue weighted by Crippen LogP contribution is 2.41. The number of anilines is 2. The SMILES string of the molecule is CC(C)(c1cc(Br)c(N)c(Br)c1)c1cc(Br)c(N)c(Br)c1. The monoisotopic (exact) mass is 538 g/mol. The maximum Gasteiger partial charge on any atom is 0.0603 e. The van der Waals surface area contributed by atoms with Gasteiger partial charge in [0.05, 0.1) is 11.4 Å². The Balaban J connectivity index is 2.61. The lowest BCUT2D eigenvalue weighted by atomic mass is 9.78. The van der Waals surface area contributed by atoms with Crippen molar-refractivity contribution in [1.82, 2.24) is 0 Å². The minimum absolute atomic E-state index is 0.197. The zero-order valence-electron chi connectivity index (χ0n) is 11.5. The van der Waals surface area contributed by atoms with Crippen LogP contribution in [0, 0.1) is 0 Å². The van der Waals surface area contributed by atoms with Gasteiger partial charge in [0.15, 0.2) is 0 Å². The van der Waals surface area contributed by atoms with Crippen LogP contribution in [0.15, 0.2) is 42.2 Å². The molecule has 0 aliphatic rings. The van der Waals surface area contributed by atoms with E-state index in [9.17, 15) is 0 Å². The molecule has 6 heteroatoms. The Morgan fingerprint density at radius 2 is 0.905 bits per heavy atom. The summed E-state index contributed by atoms with van der Waals surface area (Å²) in [7, 11) is 0. The summed E-state index contributed by atoms with van der Waals surface area (Å²) in [5.74, 6) is 0. The van der Waals surface area contributed by atoms with Crippen LogP contribution in [0.25, 0.3) is 0 Å². The minimum atomic E-state index is -0.197. The van der Waals surface area contributed by atoms with Gasteiger partial charge in [-0.3, -0.25) is 0 Å². The van der Waals surface area contributed by atoms with Gasteiger partial charge in [0, 0.05) is 23.3 Å². The normalized spacial score (nSPS) is 11.7. The molecule has 0 aliphatic heterocycles. The zero-order valence-corrected chi connectivity index (χ0v) is 17.8. The van der Waals surface area contributed by atoms with Gasteiger partial charge >= 0.3 is 0 Å². The third-order valence-corrected chi connectivity index (χ3v) is 6.23. The van der Waals surface area contributed by atoms with Crippen molar-refractivity contribution in [1.29, 1.82) is 0 Å². The lowest BCUT2D eigenvalue weighted by Crippen LogP contribution is -2.19. The molecule has 0 amide bonds. The Morgan fingerprint density at radius 3 is 1.14 bits per heavy atom. The van der Waals surface area contributed by atoms with Gasteiger partial charge in [-0.1, -0.05) is 13.8 Å². The molecule has 2 rings (SSSR count). The van der Waals surface area contributed by atoms with E-state index in [1.165, 1.54) is 0 Å². The third kappa shape index (κ3) is 3.33. The van der Waals surface area contributed by atoms with Crippen LogP contribution in [0.2, 0.25) is 0 Å². The number of benzene rings is 2. The van der Waals surface area contributed by atoms with Gasteiger partial charge in [-0.2, -0.15) is 0 Å². The highest BCUT2D eigenvalue weighted by Gasteiger charge is 2.26. The van der Waals surface area contributed by atoms with Gasteiger partial charge in [-0.25, -0.2) is 0 Å². The fourth-order valence-electron chi connectivity index (χ4n) is 2.06. The Labute approximate surface area is 158 Å². The molecule has 21 heavy (non-hydrogen) atoms. The summed E-state index contributed by atoms with van der Waals surface area (Å²) in [6.45, 7) is 4.34. The van der Waals surface area contributed by atoms with E-state index in [1.807, 2.05) is 0 Å². The summed E-state index contributed by atoms with van der Waals surface area (Å²) < 4.78 is 3.53. The van der Waals surface area contributed by atoms with Crippen LogP contribution >= 0.6 is 63.7 Å². The van der Waals surface area contributed by atoms with Crippen molar-refractivity contribution in [2.45, 2.75) is 19.3 Å². The topological polar surface area (TPSA) is 52.0 Å². The van der Waals surface area contributed by atoms with Crippen LogP contribution in [0.1, 0.15) is 25.0 Å². The van der Waals surface area contributed by atoms with Crippen LogP contribution < -0.4 is 11.5 Å². The lowest BCUT2D eigenvalue weighted by Gasteiger charge is -2.28. The quantitative estimate of drug-likeness (QED) is 0.443. The molecule has 0 aliphatic carbocycles. The molecule has 4 N–H and O–H groups in total. The van der Waals surface area contributed by atoms with Crippen molar-refractivity contribution >= 4 is 75.1 Å². The van der Waals surface area contributed by atoms with Crippen molar-refractivity contribution in [3.63, 3.8) is 0 Å².